The van der Waals surface area contributed by atoms with Gasteiger partial charge in [-0.25, -0.2) is 9.37 Å². The van der Waals surface area contributed by atoms with Gasteiger partial charge in [-0.1, -0.05) is 13.0 Å². The lowest BCUT2D eigenvalue weighted by Gasteiger charge is -2.06. The fraction of sp³-hybridized carbons (Fsp3) is 0.462. The van der Waals surface area contributed by atoms with Crippen molar-refractivity contribution in [2.75, 3.05) is 5.88 Å². The van der Waals surface area contributed by atoms with Crippen molar-refractivity contribution in [2.45, 2.75) is 25.8 Å². The monoisotopic (exact) mass is 252 g/mol. The molecule has 1 saturated carbocycles. The van der Waals surface area contributed by atoms with E-state index in [0.29, 0.717) is 29.8 Å². The lowest BCUT2D eigenvalue weighted by atomic mass is 10.3. The Balaban J connectivity index is 2.20. The van der Waals surface area contributed by atoms with Crippen molar-refractivity contribution in [3.8, 4) is 0 Å². The number of alkyl halides is 1. The van der Waals surface area contributed by atoms with Crippen molar-refractivity contribution in [1.82, 2.24) is 9.55 Å². The molecule has 0 bridgehead atoms. The number of benzene rings is 1. The SMILES string of the molecule is CC1CC1n1c(CCCl)nc2c(F)cccc21. The molecule has 1 fully saturated rings. The lowest BCUT2D eigenvalue weighted by molar-refractivity contribution is 0.637. The van der Waals surface area contributed by atoms with Crippen molar-refractivity contribution >= 4 is 22.6 Å². The molecule has 0 spiro atoms. The Labute approximate surface area is 104 Å². The van der Waals surface area contributed by atoms with E-state index in [1.54, 1.807) is 6.07 Å². The molecule has 1 aliphatic rings. The molecular weight excluding hydrogens is 239 g/mol. The highest BCUT2D eigenvalue weighted by molar-refractivity contribution is 6.17. The Bertz CT molecular complexity index is 564. The van der Waals surface area contributed by atoms with Crippen LogP contribution in [0.3, 0.4) is 0 Å². The minimum absolute atomic E-state index is 0.245. The van der Waals surface area contributed by atoms with Crippen LogP contribution in [-0.2, 0) is 6.42 Å². The van der Waals surface area contributed by atoms with Crippen LogP contribution in [-0.4, -0.2) is 15.4 Å². The first-order valence-corrected chi connectivity index (χ1v) is 6.47. The summed E-state index contributed by atoms with van der Waals surface area (Å²) in [6, 6.07) is 5.61. The topological polar surface area (TPSA) is 17.8 Å². The maximum Gasteiger partial charge on any atom is 0.151 e. The van der Waals surface area contributed by atoms with E-state index >= 15 is 0 Å². The number of halogens is 2. The normalized spacial score (nSPS) is 23.2. The Hall–Kier alpha value is -1.09. The van der Waals surface area contributed by atoms with Gasteiger partial charge in [0.25, 0.3) is 0 Å². The largest absolute Gasteiger partial charge is 0.324 e. The molecule has 1 heterocycles. The molecule has 1 aromatic heterocycles. The number of imidazole rings is 1. The number of rotatable bonds is 3. The van der Waals surface area contributed by atoms with Gasteiger partial charge >= 0.3 is 0 Å². The number of para-hydroxylation sites is 1. The van der Waals surface area contributed by atoms with E-state index < -0.39 is 0 Å². The summed E-state index contributed by atoms with van der Waals surface area (Å²) >= 11 is 5.79. The minimum atomic E-state index is -0.245. The Morgan fingerprint density at radius 2 is 2.29 bits per heavy atom. The first kappa shape index (κ1) is 11.0. The van der Waals surface area contributed by atoms with E-state index in [0.717, 1.165) is 17.8 Å². The van der Waals surface area contributed by atoms with Gasteiger partial charge in [0.15, 0.2) is 5.82 Å². The fourth-order valence-corrected chi connectivity index (χ4v) is 2.59. The molecular formula is C13H14ClFN2. The fourth-order valence-electron chi connectivity index (χ4n) is 2.42. The van der Waals surface area contributed by atoms with Crippen LogP contribution in [0.25, 0.3) is 11.0 Å². The van der Waals surface area contributed by atoms with E-state index in [9.17, 15) is 4.39 Å². The molecule has 0 aliphatic heterocycles. The van der Waals surface area contributed by atoms with Crippen molar-refractivity contribution in [3.63, 3.8) is 0 Å². The summed E-state index contributed by atoms with van der Waals surface area (Å²) in [5, 5.41) is 0. The number of aryl methyl sites for hydroxylation is 1. The van der Waals surface area contributed by atoms with E-state index in [-0.39, 0.29) is 5.82 Å². The molecule has 2 nitrogen and oxygen atoms in total. The van der Waals surface area contributed by atoms with Crippen LogP contribution in [0, 0.1) is 11.7 Å². The number of aromatic nitrogens is 2. The summed E-state index contributed by atoms with van der Waals surface area (Å²) in [6.45, 7) is 2.21. The molecule has 4 heteroatoms. The van der Waals surface area contributed by atoms with Gasteiger partial charge in [-0.05, 0) is 24.5 Å². The number of hydrogen-bond donors (Lipinski definition) is 0. The van der Waals surface area contributed by atoms with Crippen molar-refractivity contribution < 1.29 is 4.39 Å². The third-order valence-corrected chi connectivity index (χ3v) is 3.65. The van der Waals surface area contributed by atoms with Crippen LogP contribution in [0.4, 0.5) is 4.39 Å². The molecule has 1 aromatic carbocycles. The average molecular weight is 253 g/mol. The standard InChI is InChI=1S/C13H14ClFN2/c1-8-7-11(8)17-10-4-2-3-9(15)13(10)16-12(17)5-6-14/h2-4,8,11H,5-7H2,1H3. The van der Waals surface area contributed by atoms with E-state index in [1.807, 2.05) is 6.07 Å². The highest BCUT2D eigenvalue weighted by Crippen LogP contribution is 2.45. The maximum atomic E-state index is 13.7. The summed E-state index contributed by atoms with van der Waals surface area (Å²) in [7, 11) is 0. The molecule has 3 rings (SSSR count). The van der Waals surface area contributed by atoms with Gasteiger partial charge < -0.3 is 4.57 Å². The quantitative estimate of drug-likeness (QED) is 0.764. The van der Waals surface area contributed by atoms with Crippen LogP contribution in [0.1, 0.15) is 25.2 Å². The van der Waals surface area contributed by atoms with Crippen LogP contribution in [0.2, 0.25) is 0 Å². The molecule has 0 saturated heterocycles. The molecule has 1 aliphatic carbocycles. The van der Waals surface area contributed by atoms with Gasteiger partial charge in [0, 0.05) is 18.3 Å². The summed E-state index contributed by atoms with van der Waals surface area (Å²) in [4.78, 5) is 4.40. The van der Waals surface area contributed by atoms with Gasteiger partial charge in [0.05, 0.1) is 5.52 Å². The van der Waals surface area contributed by atoms with Crippen molar-refractivity contribution in [2.24, 2.45) is 5.92 Å². The van der Waals surface area contributed by atoms with Gasteiger partial charge in [-0.2, -0.15) is 0 Å². The predicted molar refractivity (Wildman–Crippen MR) is 66.9 cm³/mol. The van der Waals surface area contributed by atoms with Crippen LogP contribution >= 0.6 is 11.6 Å². The summed E-state index contributed by atoms with van der Waals surface area (Å²) < 4.78 is 15.9. The van der Waals surface area contributed by atoms with Crippen LogP contribution in [0.15, 0.2) is 18.2 Å². The third kappa shape index (κ3) is 1.73. The van der Waals surface area contributed by atoms with E-state index in [1.165, 1.54) is 6.07 Å². The zero-order chi connectivity index (χ0) is 12.0. The maximum absolute atomic E-state index is 13.7. The van der Waals surface area contributed by atoms with E-state index in [4.69, 9.17) is 11.6 Å². The first-order chi connectivity index (χ1) is 8.22. The van der Waals surface area contributed by atoms with Gasteiger partial charge in [-0.15, -0.1) is 11.6 Å². The zero-order valence-corrected chi connectivity index (χ0v) is 10.4. The van der Waals surface area contributed by atoms with Crippen LogP contribution < -0.4 is 0 Å². The predicted octanol–water partition coefficient (Wildman–Crippen LogP) is 3.54. The Kier molecular flexibility index (Phi) is 2.58. The summed E-state index contributed by atoms with van der Waals surface area (Å²) in [6.07, 6.45) is 1.84. The van der Waals surface area contributed by atoms with Crippen molar-refractivity contribution in [1.29, 1.82) is 0 Å². The molecule has 0 amide bonds. The molecule has 17 heavy (non-hydrogen) atoms. The lowest BCUT2D eigenvalue weighted by Crippen LogP contribution is -2.03. The van der Waals surface area contributed by atoms with Gasteiger partial charge in [0.2, 0.25) is 0 Å². The molecule has 2 atom stereocenters. The van der Waals surface area contributed by atoms with Gasteiger partial charge in [-0.3, -0.25) is 0 Å². The third-order valence-electron chi connectivity index (χ3n) is 3.46. The van der Waals surface area contributed by atoms with Gasteiger partial charge in [0.1, 0.15) is 11.3 Å². The second-order valence-electron chi connectivity index (χ2n) is 4.72. The number of nitrogens with zero attached hydrogens (tertiary/aromatic N) is 2. The zero-order valence-electron chi connectivity index (χ0n) is 9.66. The van der Waals surface area contributed by atoms with E-state index in [2.05, 4.69) is 16.5 Å². The summed E-state index contributed by atoms with van der Waals surface area (Å²) in [5.74, 6) is 1.84. The molecule has 0 radical (unpaired) electrons. The second-order valence-corrected chi connectivity index (χ2v) is 5.10. The highest BCUT2D eigenvalue weighted by atomic mass is 35.5. The number of hydrogen-bond acceptors (Lipinski definition) is 1. The van der Waals surface area contributed by atoms with Crippen molar-refractivity contribution in [3.05, 3.63) is 29.8 Å². The Morgan fingerprint density at radius 1 is 1.53 bits per heavy atom. The average Bonchev–Trinajstić information content (AvgIpc) is 2.89. The molecule has 2 aromatic rings. The second kappa shape index (κ2) is 3.98. The minimum Gasteiger partial charge on any atom is -0.324 e. The molecule has 0 N–H and O–H groups in total. The van der Waals surface area contributed by atoms with Crippen LogP contribution in [0.5, 0.6) is 0 Å². The molecule has 90 valence electrons. The summed E-state index contributed by atoms with van der Waals surface area (Å²) in [5.41, 5.74) is 1.38. The first-order valence-electron chi connectivity index (χ1n) is 5.93. The smallest absolute Gasteiger partial charge is 0.151 e. The highest BCUT2D eigenvalue weighted by Gasteiger charge is 2.37. The Morgan fingerprint density at radius 3 is 2.94 bits per heavy atom. The molecule has 2 unspecified atom stereocenters. The number of fused-ring (bicyclic) bond motifs is 1.